The van der Waals surface area contributed by atoms with E-state index in [1.54, 1.807) is 17.4 Å². The molecule has 0 spiro atoms. The lowest BCUT2D eigenvalue weighted by Gasteiger charge is -2.31. The van der Waals surface area contributed by atoms with E-state index in [1.807, 2.05) is 24.3 Å². The van der Waals surface area contributed by atoms with Crippen LogP contribution in [0.25, 0.3) is 20.5 Å². The third-order valence-corrected chi connectivity index (χ3v) is 8.12. The molecule has 3 unspecified atom stereocenters. The molecular weight excluding hydrogens is 496 g/mol. The van der Waals surface area contributed by atoms with Crippen LogP contribution in [0.1, 0.15) is 51.4 Å². The minimum absolute atomic E-state index is 0. The number of aromatic hydroxyl groups is 1. The van der Waals surface area contributed by atoms with Crippen LogP contribution < -0.4 is 0 Å². The van der Waals surface area contributed by atoms with E-state index in [4.69, 9.17) is 0 Å². The van der Waals surface area contributed by atoms with Crippen molar-refractivity contribution in [1.82, 2.24) is 0 Å². The lowest BCUT2D eigenvalue weighted by molar-refractivity contribution is -0.131. The Labute approximate surface area is 222 Å². The number of thiophene rings is 1. The summed E-state index contributed by atoms with van der Waals surface area (Å²) in [6.07, 6.45) is 1.28. The number of hydrogen-bond acceptors (Lipinski definition) is 7. The van der Waals surface area contributed by atoms with Gasteiger partial charge < -0.3 is 26.3 Å². The van der Waals surface area contributed by atoms with Crippen LogP contribution in [0, 0.1) is 17.8 Å². The fraction of sp³-hybridized carbons (Fsp3) is 0.393. The number of aliphatic hydroxyl groups is 2. The van der Waals surface area contributed by atoms with Crippen molar-refractivity contribution < 1.29 is 43.5 Å². The van der Waals surface area contributed by atoms with Crippen molar-refractivity contribution in [2.24, 2.45) is 17.8 Å². The molecule has 1 aliphatic carbocycles. The number of phenols is 1. The Balaban J connectivity index is 0.00000361. The maximum absolute atomic E-state index is 13.2. The Hall–Kier alpha value is -2.95. The summed E-state index contributed by atoms with van der Waals surface area (Å²) in [5.41, 5.74) is 2.08. The van der Waals surface area contributed by atoms with Gasteiger partial charge in [-0.3, -0.25) is 14.4 Å². The highest BCUT2D eigenvalue weighted by Crippen LogP contribution is 2.43. The number of carbonyl (C=O) groups is 3. The van der Waals surface area contributed by atoms with Crippen LogP contribution >= 0.6 is 11.3 Å². The van der Waals surface area contributed by atoms with Gasteiger partial charge >= 0.3 is 0 Å². The number of benzene rings is 2. The first kappa shape index (κ1) is 30.3. The third-order valence-electron chi connectivity index (χ3n) is 6.97. The van der Waals surface area contributed by atoms with E-state index >= 15 is 0 Å². The van der Waals surface area contributed by atoms with Gasteiger partial charge in [-0.25, -0.2) is 0 Å². The molecule has 0 radical (unpaired) electrons. The van der Waals surface area contributed by atoms with Gasteiger partial charge in [0.1, 0.15) is 17.3 Å². The molecule has 0 bridgehead atoms. The molecule has 1 aromatic heterocycles. The van der Waals surface area contributed by atoms with Crippen molar-refractivity contribution in [3.05, 3.63) is 53.6 Å². The minimum Gasteiger partial charge on any atom is -0.507 e. The molecule has 3 aromatic rings. The highest BCUT2D eigenvalue weighted by molar-refractivity contribution is 7.22. The molecule has 37 heavy (non-hydrogen) atoms. The molecule has 0 fully saturated rings. The molecule has 8 nitrogen and oxygen atoms in total. The van der Waals surface area contributed by atoms with E-state index in [9.17, 15) is 29.7 Å². The number of hydrogen-bond donors (Lipinski definition) is 3. The minimum atomic E-state index is -0.756. The number of rotatable bonds is 10. The Morgan fingerprint density at radius 3 is 2.49 bits per heavy atom. The van der Waals surface area contributed by atoms with E-state index in [0.29, 0.717) is 24.8 Å². The second-order valence-electron chi connectivity index (χ2n) is 9.47. The number of fused-ring (bicyclic) bond motifs is 2. The second-order valence-corrected chi connectivity index (χ2v) is 10.6. The van der Waals surface area contributed by atoms with Gasteiger partial charge in [0.15, 0.2) is 5.78 Å². The van der Waals surface area contributed by atoms with Crippen molar-refractivity contribution in [1.29, 1.82) is 0 Å². The third kappa shape index (κ3) is 6.49. The van der Waals surface area contributed by atoms with Crippen LogP contribution in [0.2, 0.25) is 0 Å². The quantitative estimate of drug-likeness (QED) is 0.336. The fourth-order valence-corrected chi connectivity index (χ4v) is 6.48. The second kappa shape index (κ2) is 13.0. The average molecular weight is 535 g/mol. The van der Waals surface area contributed by atoms with E-state index in [1.165, 1.54) is 6.92 Å². The predicted octanol–water partition coefficient (Wildman–Crippen LogP) is 3.41. The molecule has 0 amide bonds. The molecule has 3 atom stereocenters. The van der Waals surface area contributed by atoms with Gasteiger partial charge in [-0.05, 0) is 78.8 Å². The number of ketones is 3. The van der Waals surface area contributed by atoms with Crippen LogP contribution in [0.5, 0.6) is 5.75 Å². The first-order chi connectivity index (χ1) is 16.8. The van der Waals surface area contributed by atoms with Crippen LogP contribution in [0.15, 0.2) is 42.5 Å². The van der Waals surface area contributed by atoms with Crippen molar-refractivity contribution in [3.63, 3.8) is 0 Å². The summed E-state index contributed by atoms with van der Waals surface area (Å²) >= 11 is 1.64. The van der Waals surface area contributed by atoms with E-state index < -0.39 is 12.5 Å². The number of phenolic OH excluding ortho intramolecular Hbond substituents is 1. The normalized spacial score (nSPS) is 16.3. The zero-order valence-corrected chi connectivity index (χ0v) is 21.5. The van der Waals surface area contributed by atoms with Gasteiger partial charge in [-0.15, -0.1) is 11.3 Å². The molecule has 7 N–H and O–H groups in total. The lowest BCUT2D eigenvalue weighted by Crippen LogP contribution is -2.32. The summed E-state index contributed by atoms with van der Waals surface area (Å²) in [5.74, 6) is -1.97. The average Bonchev–Trinajstić information content (AvgIpc) is 3.23. The Kier molecular flexibility index (Phi) is 10.7. The number of aliphatic hydroxyl groups excluding tert-OH is 2. The summed E-state index contributed by atoms with van der Waals surface area (Å²) < 4.78 is 1.14. The van der Waals surface area contributed by atoms with Gasteiger partial charge in [0.05, 0.1) is 18.6 Å². The monoisotopic (exact) mass is 534 g/mol. The summed E-state index contributed by atoms with van der Waals surface area (Å²) in [6.45, 7) is 0.785. The van der Waals surface area contributed by atoms with Crippen molar-refractivity contribution >= 4 is 38.8 Å². The molecular formula is C28H38O8S. The number of carbonyl (C=O) groups excluding carboxylic acids is 3. The predicted molar refractivity (Wildman–Crippen MR) is 147 cm³/mol. The van der Waals surface area contributed by atoms with Crippen LogP contribution in [-0.4, -0.2) is 56.8 Å². The van der Waals surface area contributed by atoms with Gasteiger partial charge in [0.2, 0.25) is 0 Å². The van der Waals surface area contributed by atoms with Gasteiger partial charge in [-0.2, -0.15) is 0 Å². The molecule has 1 heterocycles. The van der Waals surface area contributed by atoms with Crippen LogP contribution in [0.3, 0.4) is 0 Å². The summed E-state index contributed by atoms with van der Waals surface area (Å²) in [4.78, 5) is 38.3. The van der Waals surface area contributed by atoms with Crippen LogP contribution in [0.4, 0.5) is 0 Å². The van der Waals surface area contributed by atoms with Gasteiger partial charge in [-0.1, -0.05) is 18.2 Å². The van der Waals surface area contributed by atoms with E-state index in [2.05, 4.69) is 12.1 Å². The lowest BCUT2D eigenvalue weighted by atomic mass is 9.73. The Morgan fingerprint density at radius 2 is 1.84 bits per heavy atom. The van der Waals surface area contributed by atoms with Gasteiger partial charge in [0, 0.05) is 31.4 Å². The van der Waals surface area contributed by atoms with E-state index in [0.717, 1.165) is 26.1 Å². The maximum Gasteiger partial charge on any atom is 0.167 e. The summed E-state index contributed by atoms with van der Waals surface area (Å²) in [5, 5.41) is 31.2. The fourth-order valence-electron chi connectivity index (χ4n) is 5.36. The van der Waals surface area contributed by atoms with Crippen LogP contribution in [-0.2, 0) is 16.0 Å². The Bertz CT molecular complexity index is 1240. The zero-order chi connectivity index (χ0) is 25.1. The SMILES string of the molecule is CC(=O)CC(=O)C(CO)C(CCO)CC1CC(=O)c2c(O)ccc(-c3cc4ccccc4s3)c2C1.O.O.[HH].[HH]. The molecule has 2 aromatic carbocycles. The molecule has 9 heteroatoms. The zero-order valence-electron chi connectivity index (χ0n) is 20.7. The van der Waals surface area contributed by atoms with Gasteiger partial charge in [0.25, 0.3) is 0 Å². The highest BCUT2D eigenvalue weighted by atomic mass is 32.1. The molecule has 4 rings (SSSR count). The molecule has 204 valence electrons. The maximum atomic E-state index is 13.2. The first-order valence-electron chi connectivity index (χ1n) is 11.9. The van der Waals surface area contributed by atoms with Crippen molar-refractivity contribution in [2.45, 2.75) is 39.0 Å². The van der Waals surface area contributed by atoms with Crippen molar-refractivity contribution in [3.8, 4) is 16.2 Å². The van der Waals surface area contributed by atoms with E-state index in [-0.39, 0.29) is 68.2 Å². The molecule has 1 aliphatic rings. The molecule has 0 saturated heterocycles. The number of Topliss-reactive ketones (excluding diaryl/α,β-unsaturated/α-hetero) is 3. The molecule has 0 aliphatic heterocycles. The summed E-state index contributed by atoms with van der Waals surface area (Å²) in [6, 6.07) is 13.6. The largest absolute Gasteiger partial charge is 0.507 e. The molecule has 0 saturated carbocycles. The summed E-state index contributed by atoms with van der Waals surface area (Å²) in [7, 11) is 0. The first-order valence-corrected chi connectivity index (χ1v) is 12.7. The highest BCUT2D eigenvalue weighted by Gasteiger charge is 2.35. The Morgan fingerprint density at radius 1 is 1.11 bits per heavy atom. The standard InChI is InChI=1S/C28H30O6S.2H2O.2H2/c1-16(31)10-24(33)22(15-30)18(8-9-29)11-17-12-21-20(6-7-23(32)28(21)25(34)13-17)27-14-19-4-2-3-5-26(19)35-27;;;;/h2-7,14,17-18,22,29-30,32H,8-13,15H2,1H3;2*1H2;2*1H. The van der Waals surface area contributed by atoms with Crippen molar-refractivity contribution in [2.75, 3.05) is 13.2 Å². The smallest absolute Gasteiger partial charge is 0.167 e. The topological polar surface area (TPSA) is 175 Å².